The Kier molecular flexibility index (Phi) is 15.9. The number of benzene rings is 1. The molecule has 0 spiro atoms. The highest BCUT2D eigenvalue weighted by Gasteiger charge is 2.39. The lowest BCUT2D eigenvalue weighted by Crippen LogP contribution is -2.50. The van der Waals surface area contributed by atoms with Gasteiger partial charge in [0.05, 0.1) is 33.2 Å². The number of amides is 1. The number of esters is 3. The molecule has 1 amide bonds. The monoisotopic (exact) mass is 728 g/mol. The molecule has 6 N–H and O–H groups in total. The standard InChI is InChI=1S/C24H28N4O8.2C2HF3O2/c1-33-20(29)12-17(23(31)34-2)27-22(30)18-4-3-11-28(18)13-16-9-10-19(35-16)24(32)36-15-7-5-14(6-8-15)21(25)26;2*3-2(4,5)1(6)7/h5-10,17-18H,3-4,11-13H2,1-2H3,(H3,25,26)(H,27,30);2*(H,6,7)/t17-,18-;;/m1../s1. The van der Waals surface area contributed by atoms with Crippen LogP contribution in [0.3, 0.4) is 0 Å². The Bertz CT molecular complexity index is 1500. The first-order chi connectivity index (χ1) is 23.1. The zero-order valence-corrected chi connectivity index (χ0v) is 25.9. The molecular formula is C28H30F6N4O12. The lowest BCUT2D eigenvalue weighted by atomic mass is 10.1. The summed E-state index contributed by atoms with van der Waals surface area (Å²) in [5.41, 5.74) is 5.92. The maximum absolute atomic E-state index is 12.9. The van der Waals surface area contributed by atoms with Crippen LogP contribution in [0.1, 0.15) is 41.1 Å². The van der Waals surface area contributed by atoms with Crippen LogP contribution in [0.5, 0.6) is 5.75 Å². The van der Waals surface area contributed by atoms with Gasteiger partial charge in [-0.25, -0.2) is 19.2 Å². The maximum Gasteiger partial charge on any atom is 0.490 e. The molecule has 276 valence electrons. The second kappa shape index (κ2) is 18.8. The number of carbonyl (C=O) groups excluding carboxylic acids is 4. The molecule has 1 fully saturated rings. The number of halogens is 6. The molecule has 2 heterocycles. The van der Waals surface area contributed by atoms with Gasteiger partial charge in [-0.2, -0.15) is 26.3 Å². The number of amidine groups is 1. The first kappa shape index (κ1) is 42.4. The molecule has 0 radical (unpaired) electrons. The van der Waals surface area contributed by atoms with Gasteiger partial charge in [-0.05, 0) is 55.8 Å². The van der Waals surface area contributed by atoms with Crippen molar-refractivity contribution in [3.8, 4) is 5.75 Å². The van der Waals surface area contributed by atoms with E-state index >= 15 is 0 Å². The van der Waals surface area contributed by atoms with Crippen LogP contribution in [0.2, 0.25) is 0 Å². The molecule has 1 saturated heterocycles. The Hall–Kier alpha value is -5.67. The number of likely N-dealkylation sites (tertiary alicyclic amines) is 1. The normalized spacial score (nSPS) is 14.8. The van der Waals surface area contributed by atoms with E-state index in [0.717, 1.165) is 6.42 Å². The summed E-state index contributed by atoms with van der Waals surface area (Å²) in [4.78, 5) is 68.6. The minimum absolute atomic E-state index is 0.00956. The summed E-state index contributed by atoms with van der Waals surface area (Å²) in [6, 6.07) is 7.55. The molecular weight excluding hydrogens is 698 g/mol. The van der Waals surface area contributed by atoms with Crippen LogP contribution >= 0.6 is 0 Å². The van der Waals surface area contributed by atoms with E-state index in [9.17, 15) is 45.5 Å². The summed E-state index contributed by atoms with van der Waals surface area (Å²) in [6.45, 7) is 0.847. The molecule has 1 aliphatic heterocycles. The first-order valence-corrected chi connectivity index (χ1v) is 13.6. The number of ether oxygens (including phenoxy) is 3. The number of alkyl halides is 6. The van der Waals surface area contributed by atoms with Gasteiger partial charge in [0.1, 0.15) is 23.4 Å². The molecule has 0 bridgehead atoms. The van der Waals surface area contributed by atoms with E-state index in [1.54, 1.807) is 18.2 Å². The van der Waals surface area contributed by atoms with Crippen molar-refractivity contribution in [3.05, 3.63) is 53.5 Å². The van der Waals surface area contributed by atoms with Crippen molar-refractivity contribution in [1.29, 1.82) is 5.41 Å². The van der Waals surface area contributed by atoms with Gasteiger partial charge >= 0.3 is 42.2 Å². The first-order valence-electron chi connectivity index (χ1n) is 13.6. The fourth-order valence-corrected chi connectivity index (χ4v) is 3.80. The number of furan rings is 1. The van der Waals surface area contributed by atoms with E-state index in [-0.39, 0.29) is 30.3 Å². The number of nitrogens with zero attached hydrogens (tertiary/aromatic N) is 1. The highest BCUT2D eigenvalue weighted by atomic mass is 19.4. The molecule has 16 nitrogen and oxygen atoms in total. The summed E-state index contributed by atoms with van der Waals surface area (Å²) in [5.74, 6) is -7.42. The van der Waals surface area contributed by atoms with Crippen molar-refractivity contribution in [1.82, 2.24) is 10.2 Å². The molecule has 1 aliphatic rings. The van der Waals surface area contributed by atoms with Crippen molar-refractivity contribution in [2.75, 3.05) is 20.8 Å². The summed E-state index contributed by atoms with van der Waals surface area (Å²) >= 11 is 0. The number of hydrogen-bond donors (Lipinski definition) is 5. The quantitative estimate of drug-likeness (QED) is 0.0774. The van der Waals surface area contributed by atoms with Crippen molar-refractivity contribution in [2.45, 2.75) is 50.2 Å². The number of carbonyl (C=O) groups is 6. The predicted molar refractivity (Wildman–Crippen MR) is 153 cm³/mol. The van der Waals surface area contributed by atoms with E-state index < -0.39 is 60.2 Å². The van der Waals surface area contributed by atoms with Gasteiger partial charge in [-0.1, -0.05) is 0 Å². The highest BCUT2D eigenvalue weighted by molar-refractivity contribution is 5.95. The minimum atomic E-state index is -5.08. The van der Waals surface area contributed by atoms with Crippen LogP contribution in [0, 0.1) is 5.41 Å². The number of nitrogens with one attached hydrogen (secondary N) is 2. The fourth-order valence-electron chi connectivity index (χ4n) is 3.80. The zero-order valence-electron chi connectivity index (χ0n) is 25.9. The van der Waals surface area contributed by atoms with Gasteiger partial charge in [-0.15, -0.1) is 0 Å². The number of rotatable bonds is 10. The number of nitrogens with two attached hydrogens (primary N) is 1. The van der Waals surface area contributed by atoms with Crippen molar-refractivity contribution >= 4 is 41.6 Å². The lowest BCUT2D eigenvalue weighted by molar-refractivity contribution is -0.193. The molecule has 3 rings (SSSR count). The largest absolute Gasteiger partial charge is 0.490 e. The Morgan fingerprint density at radius 3 is 1.96 bits per heavy atom. The van der Waals surface area contributed by atoms with Gasteiger partial charge in [0.25, 0.3) is 0 Å². The average Bonchev–Trinajstić information content (AvgIpc) is 3.70. The summed E-state index contributed by atoms with van der Waals surface area (Å²) in [6.07, 6.45) is -9.23. The van der Waals surface area contributed by atoms with E-state index in [4.69, 9.17) is 40.1 Å². The second-order valence-corrected chi connectivity index (χ2v) is 9.69. The Balaban J connectivity index is 0.000000748. The van der Waals surface area contributed by atoms with Crippen molar-refractivity contribution in [3.63, 3.8) is 0 Å². The number of hydrogen-bond acceptors (Lipinski definition) is 12. The fraction of sp³-hybridized carbons (Fsp3) is 0.393. The van der Waals surface area contributed by atoms with Gasteiger partial charge in [0.15, 0.2) is 0 Å². The molecule has 50 heavy (non-hydrogen) atoms. The minimum Gasteiger partial charge on any atom is -0.475 e. The third kappa shape index (κ3) is 14.2. The molecule has 1 aromatic carbocycles. The smallest absolute Gasteiger partial charge is 0.475 e. The maximum atomic E-state index is 12.9. The lowest BCUT2D eigenvalue weighted by Gasteiger charge is -2.24. The van der Waals surface area contributed by atoms with Crippen molar-refractivity contribution < 1.29 is 84.0 Å². The van der Waals surface area contributed by atoms with Crippen LogP contribution in [-0.4, -0.2) is 102 Å². The number of nitrogen functional groups attached to an aromatic ring is 1. The van der Waals surface area contributed by atoms with E-state index in [1.165, 1.54) is 32.4 Å². The summed E-state index contributed by atoms with van der Waals surface area (Å²) < 4.78 is 83.7. The predicted octanol–water partition coefficient (Wildman–Crippen LogP) is 2.23. The molecule has 1 aromatic heterocycles. The Labute approximate surface area is 277 Å². The van der Waals surface area contributed by atoms with Crippen LogP contribution in [0.4, 0.5) is 26.3 Å². The molecule has 2 aromatic rings. The van der Waals surface area contributed by atoms with Crippen LogP contribution in [-0.2, 0) is 40.0 Å². The molecule has 0 unspecified atom stereocenters. The Morgan fingerprint density at radius 2 is 1.50 bits per heavy atom. The van der Waals surface area contributed by atoms with Gasteiger partial charge in [0, 0.05) is 5.56 Å². The van der Waals surface area contributed by atoms with Gasteiger partial charge in [-0.3, -0.25) is 19.9 Å². The number of methoxy groups -OCH3 is 2. The molecule has 22 heteroatoms. The van der Waals surface area contributed by atoms with Gasteiger partial charge in [0.2, 0.25) is 11.7 Å². The average molecular weight is 729 g/mol. The van der Waals surface area contributed by atoms with Crippen molar-refractivity contribution in [2.24, 2.45) is 5.73 Å². The van der Waals surface area contributed by atoms with E-state index in [1.807, 2.05) is 4.90 Å². The van der Waals surface area contributed by atoms with Crippen LogP contribution in [0.25, 0.3) is 0 Å². The zero-order chi connectivity index (χ0) is 38.4. The topological polar surface area (TPSA) is 249 Å². The second-order valence-electron chi connectivity index (χ2n) is 9.69. The number of aliphatic carboxylic acids is 2. The third-order valence-corrected chi connectivity index (χ3v) is 6.15. The third-order valence-electron chi connectivity index (χ3n) is 6.15. The van der Waals surface area contributed by atoms with Gasteiger partial charge < -0.3 is 39.9 Å². The molecule has 0 aliphatic carbocycles. The summed E-state index contributed by atoms with van der Waals surface area (Å²) in [7, 11) is 2.36. The van der Waals surface area contributed by atoms with E-state index in [2.05, 4.69) is 14.8 Å². The number of carboxylic acids is 2. The molecule has 2 atom stereocenters. The molecule has 0 saturated carbocycles. The summed E-state index contributed by atoms with van der Waals surface area (Å²) in [5, 5.41) is 24.2. The SMILES string of the molecule is COC(=O)C[C@@H](NC(=O)[C@H]1CCCN1Cc1ccc(C(=O)Oc2ccc(C(=N)N)cc2)o1)C(=O)OC.O=C(O)C(F)(F)F.O=C(O)C(F)(F)F. The van der Waals surface area contributed by atoms with Crippen LogP contribution < -0.4 is 15.8 Å². The Morgan fingerprint density at radius 1 is 0.960 bits per heavy atom. The highest BCUT2D eigenvalue weighted by Crippen LogP contribution is 2.23. The number of carboxylic acid groups (broad SMARTS) is 2. The van der Waals surface area contributed by atoms with Crippen LogP contribution in [0.15, 0.2) is 40.8 Å². The van der Waals surface area contributed by atoms with E-state index in [0.29, 0.717) is 24.3 Å².